The van der Waals surface area contributed by atoms with Gasteiger partial charge < -0.3 is 14.6 Å². The fraction of sp³-hybridized carbons (Fsp3) is 0.786. The Kier molecular flexibility index (Phi) is 9.67. The van der Waals surface area contributed by atoms with E-state index in [0.717, 1.165) is 57.8 Å². The van der Waals surface area contributed by atoms with E-state index in [1.54, 1.807) is 0 Å². The summed E-state index contributed by atoms with van der Waals surface area (Å²) >= 11 is 0. The number of hydrogen-bond acceptors (Lipinski definition) is 3. The normalized spacial score (nSPS) is 23.9. The molecule has 0 saturated heterocycles. The summed E-state index contributed by atoms with van der Waals surface area (Å²) in [6, 6.07) is 0. The molecule has 0 aromatic carbocycles. The van der Waals surface area contributed by atoms with Crippen molar-refractivity contribution in [2.45, 2.75) is 123 Å². The average molecular weight is 477 g/mol. The SMILES string of the molecule is CCCC1=CC[C@H](O)[C@@H]1CCC=C=C(O[Si](C)(C)C(C)(C)C)C(C)(C(=O)O)C1CCCCC1. The van der Waals surface area contributed by atoms with Crippen molar-refractivity contribution >= 4 is 14.3 Å². The number of hydrogen-bond donors (Lipinski definition) is 2. The Labute approximate surface area is 203 Å². The lowest BCUT2D eigenvalue weighted by molar-refractivity contribution is -0.151. The summed E-state index contributed by atoms with van der Waals surface area (Å²) in [5.41, 5.74) is 3.69. The molecule has 1 fully saturated rings. The molecule has 5 heteroatoms. The largest absolute Gasteiger partial charge is 0.540 e. The molecule has 0 aromatic rings. The standard InChI is InChI=1S/C28H48O4Si/c1-8-14-21-19-20-24(29)23(21)17-12-13-18-25(32-33(6,7)27(2,3)4)28(5,26(30)31)22-15-10-9-11-16-22/h13,19,22-24,29H,8-12,14-17,20H2,1-7H3,(H,30,31)/t18?,23-,24+,28?/m1/s1. The van der Waals surface area contributed by atoms with Crippen molar-refractivity contribution in [3.8, 4) is 0 Å². The van der Waals surface area contributed by atoms with Crippen molar-refractivity contribution in [1.82, 2.24) is 0 Å². The second-order valence-corrected chi connectivity index (χ2v) is 16.6. The minimum absolute atomic E-state index is 0.0281. The molecule has 0 aromatic heterocycles. The Morgan fingerprint density at radius 1 is 1.21 bits per heavy atom. The first-order chi connectivity index (χ1) is 15.3. The number of carboxylic acids is 1. The summed E-state index contributed by atoms with van der Waals surface area (Å²) in [5, 5.41) is 20.8. The van der Waals surface area contributed by atoms with E-state index in [1.165, 1.54) is 12.0 Å². The maximum Gasteiger partial charge on any atom is 0.317 e. The molecule has 0 bridgehead atoms. The van der Waals surface area contributed by atoms with Crippen LogP contribution in [0.2, 0.25) is 18.1 Å². The van der Waals surface area contributed by atoms with Crippen LogP contribution in [0, 0.1) is 17.3 Å². The van der Waals surface area contributed by atoms with Gasteiger partial charge in [0.25, 0.3) is 8.32 Å². The van der Waals surface area contributed by atoms with E-state index in [-0.39, 0.29) is 23.0 Å². The van der Waals surface area contributed by atoms with E-state index < -0.39 is 19.7 Å². The lowest BCUT2D eigenvalue weighted by Crippen LogP contribution is -2.46. The van der Waals surface area contributed by atoms with Gasteiger partial charge in [0.05, 0.1) is 6.10 Å². The van der Waals surface area contributed by atoms with Gasteiger partial charge in [-0.15, -0.1) is 0 Å². The van der Waals surface area contributed by atoms with Gasteiger partial charge in [0.1, 0.15) is 11.2 Å². The highest BCUT2D eigenvalue weighted by Gasteiger charge is 2.50. The minimum Gasteiger partial charge on any atom is -0.540 e. The quantitative estimate of drug-likeness (QED) is 0.147. The van der Waals surface area contributed by atoms with Crippen LogP contribution in [0.15, 0.2) is 29.2 Å². The molecule has 0 aliphatic heterocycles. The Morgan fingerprint density at radius 3 is 2.39 bits per heavy atom. The van der Waals surface area contributed by atoms with Gasteiger partial charge in [-0.05, 0) is 75.6 Å². The number of carbonyl (C=O) groups is 1. The Hall–Kier alpha value is -1.29. The first-order valence-corrected chi connectivity index (χ1v) is 16.0. The Bertz CT molecular complexity index is 763. The fourth-order valence-corrected chi connectivity index (χ4v) is 6.13. The molecule has 0 amide bonds. The maximum absolute atomic E-state index is 12.7. The van der Waals surface area contributed by atoms with E-state index in [2.05, 4.69) is 52.6 Å². The molecule has 33 heavy (non-hydrogen) atoms. The number of rotatable bonds is 10. The van der Waals surface area contributed by atoms with Crippen LogP contribution in [0.5, 0.6) is 0 Å². The third-order valence-corrected chi connectivity index (χ3v) is 12.8. The molecule has 188 valence electrons. The summed E-state index contributed by atoms with van der Waals surface area (Å²) in [4.78, 5) is 12.7. The topological polar surface area (TPSA) is 66.8 Å². The van der Waals surface area contributed by atoms with Gasteiger partial charge in [0.15, 0.2) is 0 Å². The van der Waals surface area contributed by atoms with Crippen LogP contribution in [-0.2, 0) is 9.22 Å². The maximum atomic E-state index is 12.7. The van der Waals surface area contributed by atoms with Crippen LogP contribution in [0.1, 0.15) is 98.8 Å². The lowest BCUT2D eigenvalue weighted by atomic mass is 9.69. The van der Waals surface area contributed by atoms with Gasteiger partial charge in [-0.3, -0.25) is 4.79 Å². The average Bonchev–Trinajstić information content (AvgIpc) is 3.08. The summed E-state index contributed by atoms with van der Waals surface area (Å²) in [6.45, 7) is 14.9. The molecule has 1 saturated carbocycles. The summed E-state index contributed by atoms with van der Waals surface area (Å²) in [6.07, 6.45) is 13.6. The van der Waals surface area contributed by atoms with Gasteiger partial charge in [0.2, 0.25) is 0 Å². The molecule has 4 nitrogen and oxygen atoms in total. The van der Waals surface area contributed by atoms with Crippen LogP contribution in [0.25, 0.3) is 0 Å². The second kappa shape index (κ2) is 11.4. The highest BCUT2D eigenvalue weighted by molar-refractivity contribution is 6.74. The van der Waals surface area contributed by atoms with Gasteiger partial charge in [-0.2, -0.15) is 0 Å². The van der Waals surface area contributed by atoms with Crippen LogP contribution < -0.4 is 0 Å². The van der Waals surface area contributed by atoms with E-state index in [9.17, 15) is 15.0 Å². The Balaban J connectivity index is 2.35. The molecule has 2 N–H and O–H groups in total. The number of aliphatic hydroxyl groups excluding tert-OH is 1. The highest BCUT2D eigenvalue weighted by atomic mass is 28.4. The van der Waals surface area contributed by atoms with Gasteiger partial charge in [0, 0.05) is 5.92 Å². The third kappa shape index (κ3) is 6.65. The second-order valence-electron chi connectivity index (χ2n) is 11.9. The molecule has 3 atom stereocenters. The summed E-state index contributed by atoms with van der Waals surface area (Å²) < 4.78 is 6.71. The molecule has 1 unspecified atom stereocenters. The van der Waals surface area contributed by atoms with Crippen molar-refractivity contribution < 1.29 is 19.4 Å². The zero-order valence-electron chi connectivity index (χ0n) is 22.2. The minimum atomic E-state index is -2.24. The first-order valence-electron chi connectivity index (χ1n) is 13.1. The van der Waals surface area contributed by atoms with E-state index in [1.807, 2.05) is 13.0 Å². The smallest absolute Gasteiger partial charge is 0.317 e. The highest BCUT2D eigenvalue weighted by Crippen LogP contribution is 2.47. The van der Waals surface area contributed by atoms with E-state index in [4.69, 9.17) is 4.43 Å². The predicted molar refractivity (Wildman–Crippen MR) is 139 cm³/mol. The third-order valence-electron chi connectivity index (χ3n) is 8.46. The zero-order valence-corrected chi connectivity index (χ0v) is 23.2. The first kappa shape index (κ1) is 27.9. The molecule has 2 aliphatic carbocycles. The van der Waals surface area contributed by atoms with Crippen LogP contribution in [0.3, 0.4) is 0 Å². The molecule has 0 spiro atoms. The van der Waals surface area contributed by atoms with Crippen molar-refractivity contribution in [3.05, 3.63) is 29.2 Å². The van der Waals surface area contributed by atoms with Gasteiger partial charge >= 0.3 is 5.97 Å². The molecule has 2 aliphatic rings. The summed E-state index contributed by atoms with van der Waals surface area (Å²) in [7, 11) is -2.24. The predicted octanol–water partition coefficient (Wildman–Crippen LogP) is 7.61. The van der Waals surface area contributed by atoms with E-state index in [0.29, 0.717) is 5.76 Å². The number of aliphatic carboxylic acids is 1. The molecule has 0 radical (unpaired) electrons. The monoisotopic (exact) mass is 476 g/mol. The van der Waals surface area contributed by atoms with Crippen molar-refractivity contribution in [3.63, 3.8) is 0 Å². The van der Waals surface area contributed by atoms with Crippen LogP contribution >= 0.6 is 0 Å². The summed E-state index contributed by atoms with van der Waals surface area (Å²) in [5.74, 6) is -0.00898. The van der Waals surface area contributed by atoms with Gasteiger partial charge in [-0.1, -0.05) is 70.8 Å². The van der Waals surface area contributed by atoms with E-state index >= 15 is 0 Å². The van der Waals surface area contributed by atoms with Crippen molar-refractivity contribution in [1.29, 1.82) is 0 Å². The fourth-order valence-electron chi connectivity index (χ4n) is 5.05. The lowest BCUT2D eigenvalue weighted by Gasteiger charge is -2.43. The molecule has 0 heterocycles. The molecule has 2 rings (SSSR count). The van der Waals surface area contributed by atoms with Gasteiger partial charge in [-0.25, -0.2) is 0 Å². The molecular weight excluding hydrogens is 428 g/mol. The number of carboxylic acid groups (broad SMARTS) is 1. The number of aliphatic hydroxyl groups is 1. The Morgan fingerprint density at radius 2 is 1.85 bits per heavy atom. The van der Waals surface area contributed by atoms with Crippen molar-refractivity contribution in [2.24, 2.45) is 17.3 Å². The zero-order chi connectivity index (χ0) is 24.9. The molecular formula is C28H48O4Si. The van der Waals surface area contributed by atoms with Crippen molar-refractivity contribution in [2.75, 3.05) is 0 Å². The van der Waals surface area contributed by atoms with Crippen LogP contribution in [0.4, 0.5) is 0 Å². The van der Waals surface area contributed by atoms with Crippen LogP contribution in [-0.4, -0.2) is 30.6 Å².